The van der Waals surface area contributed by atoms with E-state index >= 15 is 0 Å². The maximum Gasteiger partial charge on any atom is 0.350 e. The average molecular weight is 252 g/mol. The lowest BCUT2D eigenvalue weighted by Gasteiger charge is -2.06. The smallest absolute Gasteiger partial charge is 0.250 e. The third kappa shape index (κ3) is 2.26. The first-order valence-corrected chi connectivity index (χ1v) is 5.93. The van der Waals surface area contributed by atoms with Crippen LogP contribution in [0.5, 0.6) is 0 Å². The van der Waals surface area contributed by atoms with Crippen LogP contribution in [0.25, 0.3) is 5.69 Å². The molecule has 90 valence electrons. The zero-order valence-electron chi connectivity index (χ0n) is 9.80. The van der Waals surface area contributed by atoms with Gasteiger partial charge >= 0.3 is 5.69 Å². The van der Waals surface area contributed by atoms with Crippen LogP contribution in [0.4, 0.5) is 0 Å². The van der Waals surface area contributed by atoms with Crippen LogP contribution >= 0.6 is 11.6 Å². The van der Waals surface area contributed by atoms with Crippen LogP contribution in [0.3, 0.4) is 0 Å². The Bertz CT molecular complexity index is 556. The van der Waals surface area contributed by atoms with Gasteiger partial charge in [0.05, 0.1) is 11.7 Å². The Morgan fingerprint density at radius 2 is 2.00 bits per heavy atom. The first-order valence-electron chi connectivity index (χ1n) is 5.55. The summed E-state index contributed by atoms with van der Waals surface area (Å²) in [6.07, 6.45) is 2.41. The summed E-state index contributed by atoms with van der Waals surface area (Å²) >= 11 is 5.81. The summed E-state index contributed by atoms with van der Waals surface area (Å²) in [5.74, 6) is 0. The zero-order chi connectivity index (χ0) is 12.4. The standard InChI is InChI=1S/C12H14ClN3O/c1-3-9(2)16-12(17)15(8-14-16)11-6-4-10(13)5-7-11/h4-9H,3H2,1-2H3. The molecule has 1 aromatic heterocycles. The van der Waals surface area contributed by atoms with Crippen LogP contribution in [-0.2, 0) is 0 Å². The molecule has 0 saturated carbocycles. The van der Waals surface area contributed by atoms with E-state index in [-0.39, 0.29) is 11.7 Å². The minimum absolute atomic E-state index is 0.107. The average Bonchev–Trinajstić information content (AvgIpc) is 2.71. The molecular formula is C12H14ClN3O. The lowest BCUT2D eigenvalue weighted by Crippen LogP contribution is -2.26. The number of aromatic nitrogens is 3. The fourth-order valence-corrected chi connectivity index (χ4v) is 1.70. The van der Waals surface area contributed by atoms with E-state index in [1.165, 1.54) is 15.6 Å². The van der Waals surface area contributed by atoms with Gasteiger partial charge in [0.1, 0.15) is 6.33 Å². The SMILES string of the molecule is CCC(C)n1ncn(-c2ccc(Cl)cc2)c1=O. The van der Waals surface area contributed by atoms with E-state index in [0.717, 1.165) is 12.1 Å². The monoisotopic (exact) mass is 251 g/mol. The van der Waals surface area contributed by atoms with Gasteiger partial charge in [-0.05, 0) is 37.6 Å². The highest BCUT2D eigenvalue weighted by Gasteiger charge is 2.10. The Balaban J connectivity index is 2.44. The lowest BCUT2D eigenvalue weighted by atomic mass is 10.3. The minimum atomic E-state index is -0.123. The number of halogens is 1. The van der Waals surface area contributed by atoms with Gasteiger partial charge in [0.25, 0.3) is 0 Å². The van der Waals surface area contributed by atoms with Gasteiger partial charge in [0, 0.05) is 5.02 Å². The summed E-state index contributed by atoms with van der Waals surface area (Å²) in [7, 11) is 0. The predicted octanol–water partition coefficient (Wildman–Crippen LogP) is 2.66. The molecule has 0 aliphatic carbocycles. The van der Waals surface area contributed by atoms with E-state index in [2.05, 4.69) is 5.10 Å². The molecule has 0 aliphatic heterocycles. The first kappa shape index (κ1) is 11.9. The highest BCUT2D eigenvalue weighted by molar-refractivity contribution is 6.30. The first-order chi connectivity index (χ1) is 8.13. The zero-order valence-corrected chi connectivity index (χ0v) is 10.6. The van der Waals surface area contributed by atoms with Crippen molar-refractivity contribution in [2.45, 2.75) is 26.3 Å². The Morgan fingerprint density at radius 3 is 2.59 bits per heavy atom. The number of hydrogen-bond donors (Lipinski definition) is 0. The van der Waals surface area contributed by atoms with Crippen LogP contribution < -0.4 is 5.69 Å². The van der Waals surface area contributed by atoms with Crippen LogP contribution in [0, 0.1) is 0 Å². The second-order valence-electron chi connectivity index (χ2n) is 3.96. The van der Waals surface area contributed by atoms with Gasteiger partial charge in [-0.1, -0.05) is 18.5 Å². The number of nitrogens with zero attached hydrogens (tertiary/aromatic N) is 3. The molecule has 5 heteroatoms. The molecule has 2 rings (SSSR count). The van der Waals surface area contributed by atoms with Gasteiger partial charge in [0.2, 0.25) is 0 Å². The van der Waals surface area contributed by atoms with E-state index in [9.17, 15) is 4.79 Å². The molecule has 0 radical (unpaired) electrons. The molecule has 0 fully saturated rings. The molecule has 1 aromatic carbocycles. The van der Waals surface area contributed by atoms with E-state index in [1.807, 2.05) is 13.8 Å². The highest BCUT2D eigenvalue weighted by atomic mass is 35.5. The Kier molecular flexibility index (Phi) is 3.33. The number of rotatable bonds is 3. The molecule has 1 heterocycles. The molecule has 1 unspecified atom stereocenters. The number of benzene rings is 1. The summed E-state index contributed by atoms with van der Waals surface area (Å²) < 4.78 is 3.01. The molecule has 0 bridgehead atoms. The highest BCUT2D eigenvalue weighted by Crippen LogP contribution is 2.12. The molecule has 0 N–H and O–H groups in total. The van der Waals surface area contributed by atoms with Crippen molar-refractivity contribution in [2.24, 2.45) is 0 Å². The Morgan fingerprint density at radius 1 is 1.35 bits per heavy atom. The van der Waals surface area contributed by atoms with Crippen LogP contribution in [-0.4, -0.2) is 14.3 Å². The summed E-state index contributed by atoms with van der Waals surface area (Å²) in [5, 5.41) is 4.77. The largest absolute Gasteiger partial charge is 0.350 e. The molecule has 0 aliphatic rings. The fourth-order valence-electron chi connectivity index (χ4n) is 1.57. The van der Waals surface area contributed by atoms with Crippen molar-refractivity contribution in [1.82, 2.24) is 14.3 Å². The van der Waals surface area contributed by atoms with Crippen molar-refractivity contribution in [1.29, 1.82) is 0 Å². The summed E-state index contributed by atoms with van der Waals surface area (Å²) in [4.78, 5) is 12.1. The quantitative estimate of drug-likeness (QED) is 0.841. The van der Waals surface area contributed by atoms with Gasteiger partial charge in [-0.25, -0.2) is 14.0 Å². The Labute approximate surface area is 104 Å². The van der Waals surface area contributed by atoms with Crippen molar-refractivity contribution in [2.75, 3.05) is 0 Å². The summed E-state index contributed by atoms with van der Waals surface area (Å²) in [5.41, 5.74) is 0.649. The molecule has 17 heavy (non-hydrogen) atoms. The van der Waals surface area contributed by atoms with Crippen molar-refractivity contribution in [3.05, 3.63) is 46.1 Å². The molecule has 2 aromatic rings. The lowest BCUT2D eigenvalue weighted by molar-refractivity contribution is 0.460. The molecule has 0 amide bonds. The molecule has 1 atom stereocenters. The van der Waals surface area contributed by atoms with Crippen molar-refractivity contribution in [3.63, 3.8) is 0 Å². The van der Waals surface area contributed by atoms with Gasteiger partial charge in [0.15, 0.2) is 0 Å². The van der Waals surface area contributed by atoms with Gasteiger partial charge in [-0.3, -0.25) is 0 Å². The third-order valence-electron chi connectivity index (χ3n) is 2.81. The fraction of sp³-hybridized carbons (Fsp3) is 0.333. The van der Waals surface area contributed by atoms with E-state index in [4.69, 9.17) is 11.6 Å². The van der Waals surface area contributed by atoms with Crippen molar-refractivity contribution < 1.29 is 0 Å². The maximum atomic E-state index is 12.1. The van der Waals surface area contributed by atoms with Crippen LogP contribution in [0.15, 0.2) is 35.4 Å². The Hall–Kier alpha value is -1.55. The topological polar surface area (TPSA) is 39.8 Å². The molecular weight excluding hydrogens is 238 g/mol. The molecule has 4 nitrogen and oxygen atoms in total. The molecule has 0 saturated heterocycles. The van der Waals surface area contributed by atoms with E-state index in [0.29, 0.717) is 5.02 Å². The van der Waals surface area contributed by atoms with E-state index < -0.39 is 0 Å². The second-order valence-corrected chi connectivity index (χ2v) is 4.40. The normalized spacial score (nSPS) is 12.6. The predicted molar refractivity (Wildman–Crippen MR) is 67.8 cm³/mol. The van der Waals surface area contributed by atoms with Gasteiger partial charge < -0.3 is 0 Å². The van der Waals surface area contributed by atoms with Gasteiger partial charge in [-0.2, -0.15) is 5.10 Å². The van der Waals surface area contributed by atoms with Crippen molar-refractivity contribution in [3.8, 4) is 5.69 Å². The maximum absolute atomic E-state index is 12.1. The van der Waals surface area contributed by atoms with E-state index in [1.54, 1.807) is 24.3 Å². The third-order valence-corrected chi connectivity index (χ3v) is 3.06. The van der Waals surface area contributed by atoms with Crippen molar-refractivity contribution >= 4 is 11.6 Å². The van der Waals surface area contributed by atoms with Crippen LogP contribution in [0.1, 0.15) is 26.3 Å². The number of hydrogen-bond acceptors (Lipinski definition) is 2. The second kappa shape index (κ2) is 4.75. The van der Waals surface area contributed by atoms with Crippen LogP contribution in [0.2, 0.25) is 5.02 Å². The summed E-state index contributed by atoms with van der Waals surface area (Å²) in [6, 6.07) is 7.21. The summed E-state index contributed by atoms with van der Waals surface area (Å²) in [6.45, 7) is 4.00. The van der Waals surface area contributed by atoms with Gasteiger partial charge in [-0.15, -0.1) is 0 Å². The molecule has 0 spiro atoms. The minimum Gasteiger partial charge on any atom is -0.250 e.